The van der Waals surface area contributed by atoms with Crippen molar-refractivity contribution in [2.24, 2.45) is 5.73 Å². The molecule has 0 bridgehead atoms. The van der Waals surface area contributed by atoms with E-state index in [1.165, 1.54) is 24.3 Å². The third-order valence-corrected chi connectivity index (χ3v) is 2.66. The topological polar surface area (TPSA) is 98.2 Å². The van der Waals surface area contributed by atoms with E-state index in [0.717, 1.165) is 0 Å². The highest BCUT2D eigenvalue weighted by atomic mass is 35.5. The molecule has 1 aromatic carbocycles. The van der Waals surface area contributed by atoms with Crippen LogP contribution in [0.4, 0.5) is 5.69 Å². The number of primary amides is 1. The highest BCUT2D eigenvalue weighted by Crippen LogP contribution is 2.21. The van der Waals surface area contributed by atoms with Gasteiger partial charge in [0.2, 0.25) is 11.7 Å². The van der Waals surface area contributed by atoms with Crippen molar-refractivity contribution in [3.8, 4) is 0 Å². The number of nitrogens with two attached hydrogens (primary N) is 1. The second-order valence-corrected chi connectivity index (χ2v) is 4.25. The predicted octanol–water partition coefficient (Wildman–Crippen LogP) is 1.99. The summed E-state index contributed by atoms with van der Waals surface area (Å²) in [6, 6.07) is 5.90. The van der Waals surface area contributed by atoms with Crippen molar-refractivity contribution >= 4 is 29.1 Å². The first-order valence-electron chi connectivity index (χ1n) is 5.31. The van der Waals surface area contributed by atoms with Gasteiger partial charge < -0.3 is 15.6 Å². The number of nitrogens with zero attached hydrogens (tertiary/aromatic N) is 1. The number of nitrogens with one attached hydrogen (secondary N) is 1. The molecule has 1 aromatic heterocycles. The van der Waals surface area contributed by atoms with Crippen molar-refractivity contribution < 1.29 is 14.1 Å². The zero-order chi connectivity index (χ0) is 14.0. The minimum absolute atomic E-state index is 0.0904. The van der Waals surface area contributed by atoms with Gasteiger partial charge in [0.1, 0.15) is 0 Å². The molecule has 6 nitrogen and oxygen atoms in total. The van der Waals surface area contributed by atoms with Gasteiger partial charge in [-0.3, -0.25) is 9.59 Å². The molecule has 1 heterocycles. The SMILES string of the molecule is Cc1cc(C(=O)Nc2ccc(C(N)=O)c(Cl)c2)on1. The Morgan fingerprint density at radius 3 is 2.63 bits per heavy atom. The minimum Gasteiger partial charge on any atom is -0.366 e. The quantitative estimate of drug-likeness (QED) is 0.897. The molecule has 3 N–H and O–H groups in total. The van der Waals surface area contributed by atoms with Gasteiger partial charge in [-0.25, -0.2) is 0 Å². The molecule has 0 spiro atoms. The number of carbonyl (C=O) groups is 2. The van der Waals surface area contributed by atoms with Crippen molar-refractivity contribution in [1.82, 2.24) is 5.16 Å². The normalized spacial score (nSPS) is 10.2. The number of rotatable bonds is 3. The van der Waals surface area contributed by atoms with Crippen molar-refractivity contribution in [2.75, 3.05) is 5.32 Å². The van der Waals surface area contributed by atoms with Crippen LogP contribution in [0.2, 0.25) is 5.02 Å². The number of anilines is 1. The summed E-state index contributed by atoms with van der Waals surface area (Å²) in [5.41, 5.74) is 6.34. The van der Waals surface area contributed by atoms with Gasteiger partial charge in [-0.1, -0.05) is 16.8 Å². The first-order valence-corrected chi connectivity index (χ1v) is 5.69. The van der Waals surface area contributed by atoms with Crippen LogP contribution in [0, 0.1) is 6.92 Å². The maximum absolute atomic E-state index is 11.8. The van der Waals surface area contributed by atoms with E-state index < -0.39 is 11.8 Å². The average molecular weight is 280 g/mol. The van der Waals surface area contributed by atoms with Crippen LogP contribution in [0.5, 0.6) is 0 Å². The Morgan fingerprint density at radius 1 is 1.37 bits per heavy atom. The Kier molecular flexibility index (Phi) is 3.52. The largest absolute Gasteiger partial charge is 0.366 e. The number of aromatic nitrogens is 1. The van der Waals surface area contributed by atoms with Gasteiger partial charge in [0.05, 0.1) is 16.3 Å². The van der Waals surface area contributed by atoms with E-state index in [-0.39, 0.29) is 16.3 Å². The van der Waals surface area contributed by atoms with E-state index in [4.69, 9.17) is 21.9 Å². The zero-order valence-corrected chi connectivity index (χ0v) is 10.7. The molecule has 0 saturated heterocycles. The lowest BCUT2D eigenvalue weighted by atomic mass is 10.2. The standard InChI is InChI=1S/C12H10ClN3O3/c1-6-4-10(19-16-6)12(18)15-7-2-3-8(11(14)17)9(13)5-7/h2-5H,1H3,(H2,14,17)(H,15,18). The maximum Gasteiger partial charge on any atom is 0.294 e. The highest BCUT2D eigenvalue weighted by molar-refractivity contribution is 6.34. The van der Waals surface area contributed by atoms with Crippen LogP contribution in [-0.2, 0) is 0 Å². The lowest BCUT2D eigenvalue weighted by Gasteiger charge is -2.05. The van der Waals surface area contributed by atoms with Crippen LogP contribution < -0.4 is 11.1 Å². The van der Waals surface area contributed by atoms with Crippen LogP contribution in [-0.4, -0.2) is 17.0 Å². The summed E-state index contributed by atoms with van der Waals surface area (Å²) in [7, 11) is 0. The van der Waals surface area contributed by atoms with E-state index in [9.17, 15) is 9.59 Å². The molecule has 2 aromatic rings. The molecular formula is C12H10ClN3O3. The van der Waals surface area contributed by atoms with Gasteiger partial charge >= 0.3 is 0 Å². The van der Waals surface area contributed by atoms with Crippen LogP contribution in [0.1, 0.15) is 26.6 Å². The summed E-state index contributed by atoms with van der Waals surface area (Å²) in [6.45, 7) is 1.71. The van der Waals surface area contributed by atoms with Crippen molar-refractivity contribution in [3.63, 3.8) is 0 Å². The fourth-order valence-electron chi connectivity index (χ4n) is 1.46. The molecule has 0 unspecified atom stereocenters. The van der Waals surface area contributed by atoms with E-state index in [0.29, 0.717) is 11.4 Å². The molecule has 0 aliphatic rings. The third kappa shape index (κ3) is 2.92. The molecule has 98 valence electrons. The van der Waals surface area contributed by atoms with Crippen molar-refractivity contribution in [2.45, 2.75) is 6.92 Å². The first kappa shape index (κ1) is 13.1. The third-order valence-electron chi connectivity index (χ3n) is 2.34. The lowest BCUT2D eigenvalue weighted by Crippen LogP contribution is -2.13. The molecule has 19 heavy (non-hydrogen) atoms. The van der Waals surface area contributed by atoms with Crippen molar-refractivity contribution in [1.29, 1.82) is 0 Å². The van der Waals surface area contributed by atoms with Gasteiger partial charge in [-0.05, 0) is 25.1 Å². The van der Waals surface area contributed by atoms with Crippen LogP contribution >= 0.6 is 11.6 Å². The smallest absolute Gasteiger partial charge is 0.294 e. The molecule has 7 heteroatoms. The number of amides is 2. The van der Waals surface area contributed by atoms with E-state index in [2.05, 4.69) is 10.5 Å². The monoisotopic (exact) mass is 279 g/mol. The van der Waals surface area contributed by atoms with E-state index in [1.54, 1.807) is 6.92 Å². The number of aryl methyl sites for hydroxylation is 1. The molecule has 0 atom stereocenters. The molecule has 2 amide bonds. The molecule has 0 radical (unpaired) electrons. The summed E-state index contributed by atoms with van der Waals surface area (Å²) in [5.74, 6) is -0.996. The summed E-state index contributed by atoms with van der Waals surface area (Å²) in [5, 5.41) is 6.35. The Balaban J connectivity index is 2.18. The van der Waals surface area contributed by atoms with E-state index in [1.807, 2.05) is 0 Å². The number of hydrogen-bond donors (Lipinski definition) is 2. The molecule has 0 aliphatic heterocycles. The fourth-order valence-corrected chi connectivity index (χ4v) is 1.73. The fraction of sp³-hybridized carbons (Fsp3) is 0.0833. The predicted molar refractivity (Wildman–Crippen MR) is 69.2 cm³/mol. The summed E-state index contributed by atoms with van der Waals surface area (Å²) in [4.78, 5) is 22.8. The maximum atomic E-state index is 11.8. The van der Waals surface area contributed by atoms with Gasteiger partial charge in [-0.2, -0.15) is 0 Å². The number of benzene rings is 1. The van der Waals surface area contributed by atoms with Crippen LogP contribution in [0.3, 0.4) is 0 Å². The highest BCUT2D eigenvalue weighted by Gasteiger charge is 2.13. The van der Waals surface area contributed by atoms with Gasteiger partial charge in [0.15, 0.2) is 0 Å². The summed E-state index contributed by atoms with van der Waals surface area (Å²) < 4.78 is 4.82. The van der Waals surface area contributed by atoms with Gasteiger partial charge in [0.25, 0.3) is 5.91 Å². The van der Waals surface area contributed by atoms with Crippen LogP contribution in [0.15, 0.2) is 28.8 Å². The summed E-state index contributed by atoms with van der Waals surface area (Å²) >= 11 is 5.87. The molecular weight excluding hydrogens is 270 g/mol. The molecule has 0 aliphatic carbocycles. The number of carbonyl (C=O) groups excluding carboxylic acids is 2. The first-order chi connectivity index (χ1) is 8.97. The molecule has 0 saturated carbocycles. The number of hydrogen-bond acceptors (Lipinski definition) is 4. The van der Waals surface area contributed by atoms with Gasteiger partial charge in [-0.15, -0.1) is 0 Å². The second-order valence-electron chi connectivity index (χ2n) is 3.85. The van der Waals surface area contributed by atoms with E-state index >= 15 is 0 Å². The Bertz CT molecular complexity index is 651. The minimum atomic E-state index is -0.631. The second kappa shape index (κ2) is 5.11. The van der Waals surface area contributed by atoms with Gasteiger partial charge in [0, 0.05) is 11.8 Å². The lowest BCUT2D eigenvalue weighted by molar-refractivity contribution is 0.0985. The molecule has 2 rings (SSSR count). The Hall–Kier alpha value is -2.34. The summed E-state index contributed by atoms with van der Waals surface area (Å²) in [6.07, 6.45) is 0. The average Bonchev–Trinajstić information content (AvgIpc) is 2.75. The Morgan fingerprint density at radius 2 is 2.11 bits per heavy atom. The van der Waals surface area contributed by atoms with Crippen LogP contribution in [0.25, 0.3) is 0 Å². The number of halogens is 1. The Labute approximate surface area is 113 Å². The zero-order valence-electron chi connectivity index (χ0n) is 9.94. The molecule has 0 fully saturated rings. The van der Waals surface area contributed by atoms with Crippen molar-refractivity contribution in [3.05, 3.63) is 46.3 Å².